The summed E-state index contributed by atoms with van der Waals surface area (Å²) >= 11 is 0. The fraction of sp³-hybridized carbons (Fsp3) is 0.375. The standard InChI is InChI=1S/C24H24O5/c1-28-19-11-9-15(10-12-19)20(25)14-29-24(27)22-18-8-7-17(13-18)21(22)23(26)16-5-3-2-4-6-16/h2-6,9-12,17-18,21-22H,7-8,13-14H2,1H3/t17-,18-,21-,22+/m0/s1. The maximum Gasteiger partial charge on any atom is 0.310 e. The molecule has 2 aromatic rings. The Morgan fingerprint density at radius 1 is 0.862 bits per heavy atom. The van der Waals surface area contributed by atoms with E-state index >= 15 is 0 Å². The third-order valence-electron chi connectivity index (χ3n) is 6.31. The number of hydrogen-bond acceptors (Lipinski definition) is 5. The molecule has 2 aromatic carbocycles. The fourth-order valence-corrected chi connectivity index (χ4v) is 4.90. The zero-order valence-electron chi connectivity index (χ0n) is 16.4. The molecule has 0 amide bonds. The van der Waals surface area contributed by atoms with Gasteiger partial charge in [-0.1, -0.05) is 30.3 Å². The number of ketones is 2. The molecule has 150 valence electrons. The molecular weight excluding hydrogens is 368 g/mol. The lowest BCUT2D eigenvalue weighted by Crippen LogP contribution is -2.36. The summed E-state index contributed by atoms with van der Waals surface area (Å²) in [5.41, 5.74) is 1.10. The van der Waals surface area contributed by atoms with E-state index in [1.54, 1.807) is 43.5 Å². The molecular formula is C24H24O5. The molecule has 0 heterocycles. The van der Waals surface area contributed by atoms with Gasteiger partial charge in [-0.3, -0.25) is 14.4 Å². The first kappa shape index (κ1) is 19.4. The van der Waals surface area contributed by atoms with Crippen molar-refractivity contribution in [3.05, 3.63) is 65.7 Å². The summed E-state index contributed by atoms with van der Waals surface area (Å²) in [5, 5.41) is 0. The topological polar surface area (TPSA) is 69.7 Å². The Bertz CT molecular complexity index is 903. The summed E-state index contributed by atoms with van der Waals surface area (Å²) in [6.45, 7) is -0.314. The molecule has 2 aliphatic carbocycles. The molecule has 0 spiro atoms. The highest BCUT2D eigenvalue weighted by Gasteiger charge is 2.54. The van der Waals surface area contributed by atoms with Gasteiger partial charge in [0.25, 0.3) is 0 Å². The summed E-state index contributed by atoms with van der Waals surface area (Å²) in [5.74, 6) is -0.430. The normalized spacial score (nSPS) is 24.9. The lowest BCUT2D eigenvalue weighted by molar-refractivity contribution is -0.150. The number of Topliss-reactive ketones (excluding diaryl/α,β-unsaturated/α-hetero) is 2. The van der Waals surface area contributed by atoms with Gasteiger partial charge in [-0.15, -0.1) is 0 Å². The van der Waals surface area contributed by atoms with E-state index in [2.05, 4.69) is 0 Å². The highest BCUT2D eigenvalue weighted by molar-refractivity contribution is 6.01. The van der Waals surface area contributed by atoms with Gasteiger partial charge < -0.3 is 9.47 Å². The van der Waals surface area contributed by atoms with Crippen LogP contribution in [0, 0.1) is 23.7 Å². The number of esters is 1. The molecule has 5 heteroatoms. The van der Waals surface area contributed by atoms with Crippen LogP contribution in [0.2, 0.25) is 0 Å². The lowest BCUT2D eigenvalue weighted by Gasteiger charge is -2.28. The van der Waals surface area contributed by atoms with Crippen LogP contribution >= 0.6 is 0 Å². The maximum absolute atomic E-state index is 13.1. The van der Waals surface area contributed by atoms with Gasteiger partial charge in [0, 0.05) is 17.0 Å². The zero-order chi connectivity index (χ0) is 20.4. The van der Waals surface area contributed by atoms with Gasteiger partial charge in [0.1, 0.15) is 5.75 Å². The van der Waals surface area contributed by atoms with Crippen molar-refractivity contribution in [2.24, 2.45) is 23.7 Å². The van der Waals surface area contributed by atoms with Crippen LogP contribution in [-0.2, 0) is 9.53 Å². The van der Waals surface area contributed by atoms with Crippen molar-refractivity contribution in [2.75, 3.05) is 13.7 Å². The number of carbonyl (C=O) groups is 3. The number of hydrogen-bond donors (Lipinski definition) is 0. The molecule has 2 bridgehead atoms. The van der Waals surface area contributed by atoms with Gasteiger partial charge in [-0.2, -0.15) is 0 Å². The molecule has 29 heavy (non-hydrogen) atoms. The van der Waals surface area contributed by atoms with Crippen LogP contribution in [-0.4, -0.2) is 31.3 Å². The molecule has 0 aliphatic heterocycles. The highest BCUT2D eigenvalue weighted by atomic mass is 16.5. The number of benzene rings is 2. The number of ether oxygens (including phenoxy) is 2. The van der Waals surface area contributed by atoms with Crippen LogP contribution < -0.4 is 4.74 Å². The van der Waals surface area contributed by atoms with Crippen LogP contribution in [0.4, 0.5) is 0 Å². The predicted molar refractivity (Wildman–Crippen MR) is 107 cm³/mol. The Morgan fingerprint density at radius 2 is 1.52 bits per heavy atom. The van der Waals surface area contributed by atoms with Crippen molar-refractivity contribution < 1.29 is 23.9 Å². The predicted octanol–water partition coefficient (Wildman–Crippen LogP) is 3.97. The maximum atomic E-state index is 13.1. The Morgan fingerprint density at radius 3 is 2.17 bits per heavy atom. The van der Waals surface area contributed by atoms with E-state index < -0.39 is 11.9 Å². The minimum atomic E-state index is -0.454. The Hall–Kier alpha value is -2.95. The Balaban J connectivity index is 1.43. The van der Waals surface area contributed by atoms with Crippen molar-refractivity contribution in [1.82, 2.24) is 0 Å². The van der Waals surface area contributed by atoms with Crippen molar-refractivity contribution >= 4 is 17.5 Å². The Kier molecular flexibility index (Phi) is 5.47. The molecule has 0 radical (unpaired) electrons. The lowest BCUT2D eigenvalue weighted by atomic mass is 9.75. The minimum absolute atomic E-state index is 0.0150. The molecule has 0 N–H and O–H groups in total. The van der Waals surface area contributed by atoms with Crippen molar-refractivity contribution in [3.8, 4) is 5.75 Å². The highest BCUT2D eigenvalue weighted by Crippen LogP contribution is 2.53. The first-order valence-corrected chi connectivity index (χ1v) is 10.0. The van der Waals surface area contributed by atoms with Gasteiger partial charge >= 0.3 is 5.97 Å². The first-order valence-electron chi connectivity index (χ1n) is 10.0. The van der Waals surface area contributed by atoms with Crippen molar-refractivity contribution in [1.29, 1.82) is 0 Å². The second-order valence-corrected chi connectivity index (χ2v) is 7.87. The summed E-state index contributed by atoms with van der Waals surface area (Å²) in [7, 11) is 1.56. The number of carbonyl (C=O) groups excluding carboxylic acids is 3. The molecule has 0 saturated heterocycles. The van der Waals surface area contributed by atoms with E-state index in [9.17, 15) is 14.4 Å². The molecule has 2 saturated carbocycles. The summed E-state index contributed by atoms with van der Waals surface area (Å²) in [6, 6.07) is 15.8. The van der Waals surface area contributed by atoms with E-state index in [1.807, 2.05) is 18.2 Å². The average molecular weight is 392 g/mol. The molecule has 2 fully saturated rings. The molecule has 2 aliphatic rings. The van der Waals surface area contributed by atoms with Crippen LogP contribution in [0.5, 0.6) is 5.75 Å². The van der Waals surface area contributed by atoms with Crippen LogP contribution in [0.1, 0.15) is 40.0 Å². The SMILES string of the molecule is COc1ccc(C(=O)COC(=O)[C@@H]2[C@H]3CC[C@@H](C3)[C@@H]2C(=O)c2ccccc2)cc1. The van der Waals surface area contributed by atoms with Gasteiger partial charge in [0.15, 0.2) is 18.2 Å². The molecule has 0 aromatic heterocycles. The van der Waals surface area contributed by atoms with Crippen molar-refractivity contribution in [3.63, 3.8) is 0 Å². The largest absolute Gasteiger partial charge is 0.497 e. The third kappa shape index (κ3) is 3.82. The van der Waals surface area contributed by atoms with Crippen molar-refractivity contribution in [2.45, 2.75) is 19.3 Å². The second-order valence-electron chi connectivity index (χ2n) is 7.87. The van der Waals surface area contributed by atoms with Gasteiger partial charge in [-0.05, 0) is 55.4 Å². The number of methoxy groups -OCH3 is 1. The second kappa shape index (κ2) is 8.19. The quantitative estimate of drug-likeness (QED) is 0.527. The van der Waals surface area contributed by atoms with E-state index in [1.165, 1.54) is 0 Å². The molecule has 4 atom stereocenters. The minimum Gasteiger partial charge on any atom is -0.497 e. The third-order valence-corrected chi connectivity index (χ3v) is 6.31. The van der Waals surface area contributed by atoms with E-state index in [0.29, 0.717) is 16.9 Å². The van der Waals surface area contributed by atoms with Crippen LogP contribution in [0.25, 0.3) is 0 Å². The van der Waals surface area contributed by atoms with Gasteiger partial charge in [0.05, 0.1) is 13.0 Å². The smallest absolute Gasteiger partial charge is 0.310 e. The first-order chi connectivity index (χ1) is 14.1. The number of rotatable bonds is 7. The summed E-state index contributed by atoms with van der Waals surface area (Å²) < 4.78 is 10.5. The summed E-state index contributed by atoms with van der Waals surface area (Å²) in [4.78, 5) is 38.3. The van der Waals surface area contributed by atoms with E-state index in [-0.39, 0.29) is 35.9 Å². The molecule has 4 rings (SSSR count). The van der Waals surface area contributed by atoms with Gasteiger partial charge in [0.2, 0.25) is 0 Å². The number of fused-ring (bicyclic) bond motifs is 2. The van der Waals surface area contributed by atoms with Gasteiger partial charge in [-0.25, -0.2) is 0 Å². The van der Waals surface area contributed by atoms with Crippen LogP contribution in [0.15, 0.2) is 54.6 Å². The molecule has 5 nitrogen and oxygen atoms in total. The Labute approximate surface area is 170 Å². The monoisotopic (exact) mass is 392 g/mol. The van der Waals surface area contributed by atoms with E-state index in [4.69, 9.17) is 9.47 Å². The van der Waals surface area contributed by atoms with E-state index in [0.717, 1.165) is 19.3 Å². The summed E-state index contributed by atoms with van der Waals surface area (Å²) in [6.07, 6.45) is 2.80. The molecule has 0 unspecified atom stereocenters. The fourth-order valence-electron chi connectivity index (χ4n) is 4.90. The van der Waals surface area contributed by atoms with Crippen LogP contribution in [0.3, 0.4) is 0 Å². The average Bonchev–Trinajstić information content (AvgIpc) is 3.39. The zero-order valence-corrected chi connectivity index (χ0v) is 16.4.